The average molecular weight is 507 g/mol. The number of ether oxygens (including phenoxy) is 1. The van der Waals surface area contributed by atoms with Crippen LogP contribution in [0.5, 0.6) is 5.75 Å². The Morgan fingerprint density at radius 2 is 1.64 bits per heavy atom. The Balaban J connectivity index is 1.90. The van der Waals surface area contributed by atoms with Gasteiger partial charge in [-0.2, -0.15) is 0 Å². The van der Waals surface area contributed by atoms with Gasteiger partial charge in [0.2, 0.25) is 5.91 Å². The number of halogens is 1. The maximum Gasteiger partial charge on any atom is 0.261 e. The summed E-state index contributed by atoms with van der Waals surface area (Å²) in [6.45, 7) is 8.11. The van der Waals surface area contributed by atoms with Crippen molar-refractivity contribution in [2.45, 2.75) is 59.2 Å². The second-order valence-electron chi connectivity index (χ2n) is 9.21. The van der Waals surface area contributed by atoms with Crippen molar-refractivity contribution >= 4 is 23.4 Å². The Kier molecular flexibility index (Phi) is 9.95. The van der Waals surface area contributed by atoms with E-state index in [1.165, 1.54) is 0 Å². The summed E-state index contributed by atoms with van der Waals surface area (Å²) in [4.78, 5) is 28.7. The number of rotatable bonds is 11. The van der Waals surface area contributed by atoms with Crippen molar-refractivity contribution in [1.29, 1.82) is 0 Å². The predicted octanol–water partition coefficient (Wildman–Crippen LogP) is 5.89. The highest BCUT2D eigenvalue weighted by Crippen LogP contribution is 2.19. The topological polar surface area (TPSA) is 58.6 Å². The second kappa shape index (κ2) is 13.1. The summed E-state index contributed by atoms with van der Waals surface area (Å²) in [7, 11) is 0. The zero-order valence-corrected chi connectivity index (χ0v) is 22.2. The summed E-state index contributed by atoms with van der Waals surface area (Å²) in [6.07, 6.45) is 1.19. The monoisotopic (exact) mass is 506 g/mol. The van der Waals surface area contributed by atoms with Gasteiger partial charge in [0.05, 0.1) is 0 Å². The third-order valence-corrected chi connectivity index (χ3v) is 6.63. The zero-order valence-electron chi connectivity index (χ0n) is 21.5. The van der Waals surface area contributed by atoms with Crippen LogP contribution in [0, 0.1) is 13.8 Å². The lowest BCUT2D eigenvalue weighted by molar-refractivity contribution is -0.143. The summed E-state index contributed by atoms with van der Waals surface area (Å²) in [6, 6.07) is 22.1. The molecular weight excluding hydrogens is 472 g/mol. The van der Waals surface area contributed by atoms with Gasteiger partial charge in [-0.3, -0.25) is 9.59 Å². The fourth-order valence-electron chi connectivity index (χ4n) is 3.81. The van der Waals surface area contributed by atoms with Crippen molar-refractivity contribution in [2.75, 3.05) is 6.61 Å². The van der Waals surface area contributed by atoms with Crippen LogP contribution in [0.3, 0.4) is 0 Å². The quantitative estimate of drug-likeness (QED) is 0.352. The molecule has 0 aliphatic heterocycles. The molecule has 6 heteroatoms. The lowest BCUT2D eigenvalue weighted by Crippen LogP contribution is -2.53. The summed E-state index contributed by atoms with van der Waals surface area (Å²) in [5.74, 6) is 0.187. The molecule has 0 aromatic heterocycles. The number of carbonyl (C=O) groups is 2. The van der Waals surface area contributed by atoms with Crippen LogP contribution in [0.25, 0.3) is 0 Å². The largest absolute Gasteiger partial charge is 0.484 e. The van der Waals surface area contributed by atoms with Gasteiger partial charge in [-0.05, 0) is 73.7 Å². The van der Waals surface area contributed by atoms with Gasteiger partial charge in [-0.15, -0.1) is 0 Å². The Bertz CT molecular complexity index is 1150. The number of carbonyl (C=O) groups excluding carboxylic acids is 2. The molecule has 1 N–H and O–H groups in total. The van der Waals surface area contributed by atoms with Crippen LogP contribution in [0.4, 0.5) is 0 Å². The molecule has 2 atom stereocenters. The SMILES string of the molecule is CC[C@H](C)NC(=O)[C@@H](Cc1ccccc1)N(Cc1ccc(Cl)cc1)C(=O)COc1ccc(C)c(C)c1. The fourth-order valence-corrected chi connectivity index (χ4v) is 3.94. The van der Waals surface area contributed by atoms with Crippen LogP contribution in [0.15, 0.2) is 72.8 Å². The minimum atomic E-state index is -0.701. The highest BCUT2D eigenvalue weighted by molar-refractivity contribution is 6.30. The van der Waals surface area contributed by atoms with Crippen molar-refractivity contribution < 1.29 is 14.3 Å². The molecule has 0 saturated carbocycles. The molecule has 0 fully saturated rings. The van der Waals surface area contributed by atoms with Crippen LogP contribution in [-0.4, -0.2) is 35.4 Å². The van der Waals surface area contributed by atoms with E-state index >= 15 is 0 Å². The lowest BCUT2D eigenvalue weighted by Gasteiger charge is -2.32. The molecule has 0 aliphatic rings. The van der Waals surface area contributed by atoms with Crippen molar-refractivity contribution in [3.8, 4) is 5.75 Å². The Hall–Kier alpha value is -3.31. The molecule has 0 unspecified atom stereocenters. The number of benzene rings is 3. The smallest absolute Gasteiger partial charge is 0.261 e. The van der Waals surface area contributed by atoms with Gasteiger partial charge in [-0.25, -0.2) is 0 Å². The van der Waals surface area contributed by atoms with E-state index < -0.39 is 6.04 Å². The van der Waals surface area contributed by atoms with Gasteiger partial charge in [0.1, 0.15) is 11.8 Å². The van der Waals surface area contributed by atoms with E-state index in [2.05, 4.69) is 5.32 Å². The first kappa shape index (κ1) is 27.3. The maximum absolute atomic E-state index is 13.6. The predicted molar refractivity (Wildman–Crippen MR) is 145 cm³/mol. The first-order chi connectivity index (χ1) is 17.3. The normalized spacial score (nSPS) is 12.5. The van der Waals surface area contributed by atoms with E-state index in [1.54, 1.807) is 17.0 Å². The zero-order chi connectivity index (χ0) is 26.1. The first-order valence-corrected chi connectivity index (χ1v) is 12.7. The molecule has 3 rings (SSSR count). The van der Waals surface area contributed by atoms with E-state index in [-0.39, 0.29) is 31.0 Å². The molecule has 0 bridgehead atoms. The third kappa shape index (κ3) is 7.85. The molecule has 3 aromatic rings. The maximum atomic E-state index is 13.6. The molecular formula is C30H35ClN2O3. The summed E-state index contributed by atoms with van der Waals surface area (Å²) in [5, 5.41) is 3.69. The van der Waals surface area contributed by atoms with Gasteiger partial charge < -0.3 is 15.0 Å². The molecule has 0 aliphatic carbocycles. The molecule has 190 valence electrons. The highest BCUT2D eigenvalue weighted by Gasteiger charge is 2.31. The number of nitrogens with one attached hydrogen (secondary N) is 1. The fraction of sp³-hybridized carbons (Fsp3) is 0.333. The summed E-state index contributed by atoms with van der Waals surface area (Å²) < 4.78 is 5.88. The number of amides is 2. The van der Waals surface area contributed by atoms with E-state index in [9.17, 15) is 9.59 Å². The molecule has 5 nitrogen and oxygen atoms in total. The minimum Gasteiger partial charge on any atom is -0.484 e. The Labute approximate surface area is 219 Å². The minimum absolute atomic E-state index is 0.00459. The van der Waals surface area contributed by atoms with Gasteiger partial charge >= 0.3 is 0 Å². The molecule has 0 radical (unpaired) electrons. The van der Waals surface area contributed by atoms with Gasteiger partial charge in [0.15, 0.2) is 6.61 Å². The molecule has 0 saturated heterocycles. The van der Waals surface area contributed by atoms with E-state index in [1.807, 2.05) is 88.4 Å². The van der Waals surface area contributed by atoms with E-state index in [0.29, 0.717) is 17.2 Å². The molecule has 0 spiro atoms. The van der Waals surface area contributed by atoms with E-state index in [4.69, 9.17) is 16.3 Å². The third-order valence-electron chi connectivity index (χ3n) is 6.38. The molecule has 0 heterocycles. The molecule has 3 aromatic carbocycles. The van der Waals surface area contributed by atoms with Gasteiger partial charge in [0, 0.05) is 24.0 Å². The van der Waals surface area contributed by atoms with Crippen LogP contribution < -0.4 is 10.1 Å². The second-order valence-corrected chi connectivity index (χ2v) is 9.64. The number of nitrogens with zero attached hydrogens (tertiary/aromatic N) is 1. The number of hydrogen-bond acceptors (Lipinski definition) is 3. The van der Waals surface area contributed by atoms with Gasteiger partial charge in [0.25, 0.3) is 5.91 Å². The summed E-state index contributed by atoms with van der Waals surface area (Å²) >= 11 is 6.08. The van der Waals surface area contributed by atoms with Crippen LogP contribution in [0.1, 0.15) is 42.5 Å². The number of aryl methyl sites for hydroxylation is 2. The molecule has 36 heavy (non-hydrogen) atoms. The van der Waals surface area contributed by atoms with Crippen molar-refractivity contribution in [3.05, 3.63) is 100 Å². The number of hydrogen-bond donors (Lipinski definition) is 1. The van der Waals surface area contributed by atoms with Crippen molar-refractivity contribution in [3.63, 3.8) is 0 Å². The standard InChI is InChI=1S/C30H35ClN2O3/c1-5-23(4)32-30(35)28(18-24-9-7-6-8-10-24)33(19-25-12-14-26(31)15-13-25)29(34)20-36-27-16-11-21(2)22(3)17-27/h6-17,23,28H,5,18-20H2,1-4H3,(H,32,35)/t23-,28+/m0/s1. The van der Waals surface area contributed by atoms with Crippen LogP contribution in [0.2, 0.25) is 5.02 Å². The first-order valence-electron chi connectivity index (χ1n) is 12.3. The van der Waals surface area contributed by atoms with Crippen LogP contribution >= 0.6 is 11.6 Å². The van der Waals surface area contributed by atoms with Crippen LogP contribution in [-0.2, 0) is 22.6 Å². The lowest BCUT2D eigenvalue weighted by atomic mass is 10.0. The van der Waals surface area contributed by atoms with Crippen molar-refractivity contribution in [2.24, 2.45) is 0 Å². The summed E-state index contributed by atoms with van der Waals surface area (Å²) in [5.41, 5.74) is 4.11. The average Bonchev–Trinajstić information content (AvgIpc) is 2.88. The Morgan fingerprint density at radius 1 is 0.944 bits per heavy atom. The molecule has 2 amide bonds. The Morgan fingerprint density at radius 3 is 2.28 bits per heavy atom. The van der Waals surface area contributed by atoms with Crippen molar-refractivity contribution in [1.82, 2.24) is 10.2 Å². The highest BCUT2D eigenvalue weighted by atomic mass is 35.5. The van der Waals surface area contributed by atoms with E-state index in [0.717, 1.165) is 28.7 Å². The van der Waals surface area contributed by atoms with Gasteiger partial charge in [-0.1, -0.05) is 67.1 Å².